The fraction of sp³-hybridized carbons (Fsp3) is 0.611. The molecular weight excluding hydrogens is 356 g/mol. The first-order chi connectivity index (χ1) is 10.7. The number of carbonyl (C=O) groups excluding carboxylic acids is 1. The molecule has 1 aromatic rings. The fourth-order valence-corrected chi connectivity index (χ4v) is 3.41. The molecule has 5 heteroatoms. The van der Waals surface area contributed by atoms with Crippen LogP contribution in [0, 0.1) is 0 Å². The number of benzene rings is 1. The van der Waals surface area contributed by atoms with Crippen LogP contribution in [0.15, 0.2) is 28.7 Å². The average Bonchev–Trinajstić information content (AvgIpc) is 2.44. The second-order valence-corrected chi connectivity index (χ2v) is 8.16. The minimum atomic E-state index is -0.443. The molecule has 2 rings (SSSR count). The van der Waals surface area contributed by atoms with Crippen LogP contribution in [0.5, 0.6) is 0 Å². The molecule has 1 aliphatic heterocycles. The second-order valence-electron chi connectivity index (χ2n) is 7.24. The van der Waals surface area contributed by atoms with E-state index in [1.54, 1.807) is 0 Å². The molecule has 0 bridgehead atoms. The van der Waals surface area contributed by atoms with Crippen LogP contribution in [0.25, 0.3) is 0 Å². The molecule has 1 aliphatic rings. The van der Waals surface area contributed by atoms with Crippen molar-refractivity contribution in [3.05, 3.63) is 34.3 Å². The average molecular weight is 383 g/mol. The van der Waals surface area contributed by atoms with Gasteiger partial charge in [0.1, 0.15) is 5.60 Å². The van der Waals surface area contributed by atoms with Gasteiger partial charge in [0.25, 0.3) is 0 Å². The van der Waals surface area contributed by atoms with E-state index in [4.69, 9.17) is 4.74 Å². The predicted octanol–water partition coefficient (Wildman–Crippen LogP) is 4.45. The van der Waals surface area contributed by atoms with E-state index in [0.29, 0.717) is 25.2 Å². The van der Waals surface area contributed by atoms with Gasteiger partial charge >= 0.3 is 6.09 Å². The number of rotatable bonds is 2. The summed E-state index contributed by atoms with van der Waals surface area (Å²) in [4.78, 5) is 16.5. The predicted molar refractivity (Wildman–Crippen MR) is 96.5 cm³/mol. The van der Waals surface area contributed by atoms with Gasteiger partial charge in [-0.1, -0.05) is 28.1 Å². The zero-order valence-electron chi connectivity index (χ0n) is 14.7. The van der Waals surface area contributed by atoms with Crippen LogP contribution in [0.2, 0.25) is 0 Å². The number of ether oxygens (including phenoxy) is 1. The lowest BCUT2D eigenvalue weighted by Crippen LogP contribution is -2.54. The first-order valence-electron chi connectivity index (χ1n) is 8.16. The largest absolute Gasteiger partial charge is 0.444 e. The topological polar surface area (TPSA) is 32.8 Å². The Morgan fingerprint density at radius 3 is 2.61 bits per heavy atom. The maximum atomic E-state index is 12.2. The minimum absolute atomic E-state index is 0.209. The van der Waals surface area contributed by atoms with E-state index in [9.17, 15) is 4.79 Å². The summed E-state index contributed by atoms with van der Waals surface area (Å²) < 4.78 is 6.58. The molecule has 1 aromatic carbocycles. The Morgan fingerprint density at radius 2 is 2.04 bits per heavy atom. The summed E-state index contributed by atoms with van der Waals surface area (Å²) in [5, 5.41) is 0. The van der Waals surface area contributed by atoms with Crippen molar-refractivity contribution < 1.29 is 9.53 Å². The lowest BCUT2D eigenvalue weighted by atomic mass is 10.0. The number of carbonyl (C=O) groups is 1. The molecule has 0 saturated carbocycles. The Kier molecular flexibility index (Phi) is 5.74. The van der Waals surface area contributed by atoms with Gasteiger partial charge in [0.2, 0.25) is 0 Å². The first kappa shape index (κ1) is 18.3. The molecule has 128 valence electrons. The molecular formula is C18H27BrN2O2. The van der Waals surface area contributed by atoms with Gasteiger partial charge in [-0.3, -0.25) is 4.90 Å². The molecule has 23 heavy (non-hydrogen) atoms. The third-order valence-electron chi connectivity index (χ3n) is 4.16. The van der Waals surface area contributed by atoms with Gasteiger partial charge in [0.05, 0.1) is 0 Å². The fourth-order valence-electron chi connectivity index (χ4n) is 3.00. The molecule has 4 nitrogen and oxygen atoms in total. The summed E-state index contributed by atoms with van der Waals surface area (Å²) in [7, 11) is 0. The molecule has 1 amide bonds. The van der Waals surface area contributed by atoms with E-state index >= 15 is 0 Å². The SMILES string of the molecule is CC(c1cccc(Br)c1)N1CCN(C(=O)OC(C)(C)C)C[C@@H]1C. The summed E-state index contributed by atoms with van der Waals surface area (Å²) in [6.07, 6.45) is -0.209. The van der Waals surface area contributed by atoms with Crippen molar-refractivity contribution in [3.8, 4) is 0 Å². The van der Waals surface area contributed by atoms with E-state index in [1.807, 2.05) is 31.7 Å². The number of hydrogen-bond donors (Lipinski definition) is 0. The van der Waals surface area contributed by atoms with Gasteiger partial charge in [-0.25, -0.2) is 4.79 Å². The molecule has 0 aliphatic carbocycles. The minimum Gasteiger partial charge on any atom is -0.444 e. The van der Waals surface area contributed by atoms with Crippen LogP contribution in [-0.2, 0) is 4.74 Å². The van der Waals surface area contributed by atoms with Crippen LogP contribution in [0.1, 0.15) is 46.2 Å². The molecule has 1 saturated heterocycles. The molecule has 1 heterocycles. The van der Waals surface area contributed by atoms with Crippen molar-refractivity contribution in [3.63, 3.8) is 0 Å². The van der Waals surface area contributed by atoms with Gasteiger partial charge in [0, 0.05) is 36.2 Å². The molecule has 0 radical (unpaired) electrons. The van der Waals surface area contributed by atoms with Crippen molar-refractivity contribution >= 4 is 22.0 Å². The Morgan fingerprint density at radius 1 is 1.35 bits per heavy atom. The van der Waals surface area contributed by atoms with Crippen molar-refractivity contribution in [2.75, 3.05) is 19.6 Å². The van der Waals surface area contributed by atoms with Crippen LogP contribution >= 0.6 is 15.9 Å². The molecule has 0 N–H and O–H groups in total. The Labute approximate surface area is 147 Å². The third-order valence-corrected chi connectivity index (χ3v) is 4.65. The number of nitrogens with zero attached hydrogens (tertiary/aromatic N) is 2. The summed E-state index contributed by atoms with van der Waals surface area (Å²) in [5.41, 5.74) is 0.845. The number of hydrogen-bond acceptors (Lipinski definition) is 3. The Hall–Kier alpha value is -1.07. The maximum Gasteiger partial charge on any atom is 0.410 e. The summed E-state index contributed by atoms with van der Waals surface area (Å²) in [5.74, 6) is 0. The van der Waals surface area contributed by atoms with E-state index < -0.39 is 5.60 Å². The lowest BCUT2D eigenvalue weighted by Gasteiger charge is -2.43. The monoisotopic (exact) mass is 382 g/mol. The van der Waals surface area contributed by atoms with Gasteiger partial charge in [0.15, 0.2) is 0 Å². The highest BCUT2D eigenvalue weighted by molar-refractivity contribution is 9.10. The first-order valence-corrected chi connectivity index (χ1v) is 8.96. The van der Waals surface area contributed by atoms with E-state index in [-0.39, 0.29) is 6.09 Å². The second kappa shape index (κ2) is 7.22. The maximum absolute atomic E-state index is 12.2. The van der Waals surface area contributed by atoms with Crippen molar-refractivity contribution in [2.24, 2.45) is 0 Å². The quantitative estimate of drug-likeness (QED) is 0.757. The molecule has 0 aromatic heterocycles. The summed E-state index contributed by atoms with van der Waals surface area (Å²) >= 11 is 3.54. The highest BCUT2D eigenvalue weighted by atomic mass is 79.9. The number of piperazine rings is 1. The van der Waals surface area contributed by atoms with E-state index in [0.717, 1.165) is 11.0 Å². The highest BCUT2D eigenvalue weighted by Crippen LogP contribution is 2.27. The molecule has 1 fully saturated rings. The van der Waals surface area contributed by atoms with Gasteiger partial charge in [-0.2, -0.15) is 0 Å². The summed E-state index contributed by atoms with van der Waals surface area (Å²) in [6, 6.07) is 9.05. The molecule has 2 atom stereocenters. The van der Waals surface area contributed by atoms with E-state index in [2.05, 4.69) is 52.9 Å². The standard InChI is InChI=1S/C18H27BrN2O2/c1-13-12-20(17(22)23-18(3,4)5)9-10-21(13)14(2)15-7-6-8-16(19)11-15/h6-8,11,13-14H,9-10,12H2,1-5H3/t13-,14?/m0/s1. The van der Waals surface area contributed by atoms with Crippen molar-refractivity contribution in [1.29, 1.82) is 0 Å². The smallest absolute Gasteiger partial charge is 0.410 e. The van der Waals surface area contributed by atoms with Crippen LogP contribution < -0.4 is 0 Å². The highest BCUT2D eigenvalue weighted by Gasteiger charge is 2.32. The zero-order valence-corrected chi connectivity index (χ0v) is 16.3. The number of amides is 1. The normalized spacial score (nSPS) is 21.1. The Balaban J connectivity index is 2.00. The van der Waals surface area contributed by atoms with E-state index in [1.165, 1.54) is 5.56 Å². The van der Waals surface area contributed by atoms with Crippen molar-refractivity contribution in [1.82, 2.24) is 9.80 Å². The zero-order chi connectivity index (χ0) is 17.2. The third kappa shape index (κ3) is 4.95. The Bertz CT molecular complexity index is 556. The van der Waals surface area contributed by atoms with Crippen LogP contribution in [0.4, 0.5) is 4.79 Å². The lowest BCUT2D eigenvalue weighted by molar-refractivity contribution is -0.000715. The van der Waals surface area contributed by atoms with Gasteiger partial charge < -0.3 is 9.64 Å². The molecule has 1 unspecified atom stereocenters. The summed E-state index contributed by atoms with van der Waals surface area (Å²) in [6.45, 7) is 12.4. The molecule has 0 spiro atoms. The number of halogens is 1. The van der Waals surface area contributed by atoms with Crippen molar-refractivity contribution in [2.45, 2.75) is 52.3 Å². The van der Waals surface area contributed by atoms with Gasteiger partial charge in [-0.05, 0) is 52.3 Å². The van der Waals surface area contributed by atoms with Crippen LogP contribution in [0.3, 0.4) is 0 Å². The van der Waals surface area contributed by atoms with Gasteiger partial charge in [-0.15, -0.1) is 0 Å². The van der Waals surface area contributed by atoms with Crippen LogP contribution in [-0.4, -0.2) is 47.2 Å².